The Balaban J connectivity index is 1.75. The van der Waals surface area contributed by atoms with Gasteiger partial charge in [-0.15, -0.1) is 11.4 Å². The highest BCUT2D eigenvalue weighted by atomic mass is 32.9. The molecule has 0 amide bonds. The fourth-order valence-electron chi connectivity index (χ4n) is 5.63. The third-order valence-electron chi connectivity index (χ3n) is 8.89. The summed E-state index contributed by atoms with van der Waals surface area (Å²) in [5, 5.41) is 0.344. The molecule has 0 saturated heterocycles. The molecule has 0 aliphatic heterocycles. The van der Waals surface area contributed by atoms with Gasteiger partial charge in [0.2, 0.25) is 0 Å². The van der Waals surface area contributed by atoms with Crippen LogP contribution in [0, 0.1) is 24.7 Å². The molecule has 38 heavy (non-hydrogen) atoms. The Labute approximate surface area is 238 Å². The molecule has 0 unspecified atom stereocenters. The maximum absolute atomic E-state index is 6.79. The second-order valence-electron chi connectivity index (χ2n) is 11.6. The van der Waals surface area contributed by atoms with E-state index >= 15 is 0 Å². The third-order valence-corrected chi connectivity index (χ3v) is 17.4. The summed E-state index contributed by atoms with van der Waals surface area (Å²) in [5.74, 6) is 0. The van der Waals surface area contributed by atoms with Crippen molar-refractivity contribution < 1.29 is 0 Å². The van der Waals surface area contributed by atoms with Gasteiger partial charge in [-0.25, -0.2) is 0 Å². The van der Waals surface area contributed by atoms with Gasteiger partial charge < -0.3 is 0 Å². The van der Waals surface area contributed by atoms with Crippen LogP contribution in [0.5, 0.6) is 0 Å². The first kappa shape index (κ1) is 27.2. The number of aryl methyl sites for hydroxylation is 2. The van der Waals surface area contributed by atoms with Crippen molar-refractivity contribution in [3.05, 3.63) is 138 Å². The monoisotopic (exact) mass is 552 g/mol. The average Bonchev–Trinajstić information content (AvgIpc) is 3.25. The number of hydrogen-bond donors (Lipinski definition) is 0. The van der Waals surface area contributed by atoms with Gasteiger partial charge >= 0.3 is 0 Å². The van der Waals surface area contributed by atoms with E-state index in [1.807, 2.05) is 0 Å². The molecule has 1 aliphatic carbocycles. The van der Waals surface area contributed by atoms with Gasteiger partial charge in [-0.3, -0.25) is 0 Å². The van der Waals surface area contributed by atoms with E-state index in [-0.39, 0.29) is 15.6 Å². The molecular formula is C35H37PS2. The van der Waals surface area contributed by atoms with Gasteiger partial charge in [-0.1, -0.05) is 166 Å². The van der Waals surface area contributed by atoms with E-state index in [1.54, 1.807) is 0 Å². The lowest BCUT2D eigenvalue weighted by Crippen LogP contribution is -2.20. The van der Waals surface area contributed by atoms with Gasteiger partial charge in [-0.05, 0) is 52.0 Å². The van der Waals surface area contributed by atoms with Crippen LogP contribution in [0.1, 0.15) is 49.9 Å². The molecule has 0 nitrogen and oxygen atoms in total. The Morgan fingerprint density at radius 2 is 0.974 bits per heavy atom. The number of hydrogen-bond acceptors (Lipinski definition) is 2. The van der Waals surface area contributed by atoms with Gasteiger partial charge in [0.15, 0.2) is 0 Å². The smallest absolute Gasteiger partial charge is 0.0622 e. The summed E-state index contributed by atoms with van der Waals surface area (Å²) in [6.07, 6.45) is 2.58. The van der Waals surface area contributed by atoms with E-state index in [0.29, 0.717) is 0 Å². The van der Waals surface area contributed by atoms with Crippen LogP contribution in [-0.2, 0) is 11.8 Å². The standard InChI is InChI=1S/C35H37PS2/c1-26-17-21-28(22-18-26)32(29-23-19-27(2)20-24-29)25-35(33(3,4)34(35,5)6)38-36(37,30-13-9-7-10-14-30)31-15-11-8-12-16-31/h7-25H,1-6H3. The van der Waals surface area contributed by atoms with Gasteiger partial charge in [0.25, 0.3) is 0 Å². The predicted molar refractivity (Wildman–Crippen MR) is 174 cm³/mol. The second-order valence-corrected chi connectivity index (χ2v) is 19.1. The Morgan fingerprint density at radius 1 is 0.605 bits per heavy atom. The van der Waals surface area contributed by atoms with E-state index in [1.165, 1.54) is 38.4 Å². The summed E-state index contributed by atoms with van der Waals surface area (Å²) in [4.78, 5) is 0. The van der Waals surface area contributed by atoms with Gasteiger partial charge in [-0.2, -0.15) is 0 Å². The van der Waals surface area contributed by atoms with E-state index in [4.69, 9.17) is 11.8 Å². The minimum Gasteiger partial charge on any atom is -0.103 e. The van der Waals surface area contributed by atoms with Crippen molar-refractivity contribution in [3.8, 4) is 0 Å². The fourth-order valence-corrected chi connectivity index (χ4v) is 14.7. The zero-order valence-electron chi connectivity index (χ0n) is 23.2. The normalized spacial score (nSPS) is 17.0. The van der Waals surface area contributed by atoms with Crippen LogP contribution >= 0.6 is 16.6 Å². The summed E-state index contributed by atoms with van der Waals surface area (Å²) >= 11 is 8.85. The van der Waals surface area contributed by atoms with Crippen molar-refractivity contribution in [3.63, 3.8) is 0 Å². The first-order chi connectivity index (χ1) is 18.0. The molecule has 3 heteroatoms. The SMILES string of the molecule is Cc1ccc(C(=CC2(SP(=S)(c3ccccc3)c3ccccc3)C(C)(C)C2(C)C)c2ccc(C)cc2)cc1. The van der Waals surface area contributed by atoms with Crippen LogP contribution < -0.4 is 10.6 Å². The predicted octanol–water partition coefficient (Wildman–Crippen LogP) is 9.32. The van der Waals surface area contributed by atoms with Crippen LogP contribution in [0.2, 0.25) is 0 Å². The summed E-state index contributed by atoms with van der Waals surface area (Å²) in [6, 6.07) is 39.6. The fraction of sp³-hybridized carbons (Fsp3) is 0.257. The Bertz CT molecular complexity index is 1390. The average molecular weight is 553 g/mol. The van der Waals surface area contributed by atoms with Crippen LogP contribution in [-0.4, -0.2) is 4.75 Å². The van der Waals surface area contributed by atoms with E-state index in [2.05, 4.69) is 168 Å². The minimum atomic E-state index is -2.19. The lowest BCUT2D eigenvalue weighted by Gasteiger charge is -2.30. The molecule has 1 fully saturated rings. The van der Waals surface area contributed by atoms with E-state index in [9.17, 15) is 0 Å². The van der Waals surface area contributed by atoms with E-state index < -0.39 is 5.24 Å². The summed E-state index contributed by atoms with van der Waals surface area (Å²) < 4.78 is -0.147. The first-order valence-corrected chi connectivity index (χ1v) is 17.5. The van der Waals surface area contributed by atoms with Crippen molar-refractivity contribution in [2.24, 2.45) is 10.8 Å². The summed E-state index contributed by atoms with van der Waals surface area (Å²) in [6.45, 7) is 14.0. The number of benzene rings is 4. The van der Waals surface area contributed by atoms with Crippen molar-refractivity contribution in [2.75, 3.05) is 0 Å². The number of rotatable bonds is 7. The first-order valence-electron chi connectivity index (χ1n) is 13.3. The van der Waals surface area contributed by atoms with Crippen molar-refractivity contribution in [1.29, 1.82) is 0 Å². The molecule has 4 aromatic rings. The third kappa shape index (κ3) is 4.45. The van der Waals surface area contributed by atoms with Crippen LogP contribution in [0.3, 0.4) is 0 Å². The molecule has 0 N–H and O–H groups in total. The van der Waals surface area contributed by atoms with Crippen molar-refractivity contribution in [2.45, 2.75) is 46.3 Å². The highest BCUT2D eigenvalue weighted by Gasteiger charge is 2.77. The molecule has 0 atom stereocenters. The molecule has 0 radical (unpaired) electrons. The Morgan fingerprint density at radius 3 is 1.32 bits per heavy atom. The molecule has 5 rings (SSSR count). The molecule has 0 bridgehead atoms. The zero-order chi connectivity index (χ0) is 27.2. The highest BCUT2D eigenvalue weighted by molar-refractivity contribution is 8.75. The minimum absolute atomic E-state index is 0.0545. The molecule has 194 valence electrons. The Kier molecular flexibility index (Phi) is 7.14. The van der Waals surface area contributed by atoms with Gasteiger partial charge in [0.1, 0.15) is 0 Å². The van der Waals surface area contributed by atoms with E-state index in [0.717, 1.165) is 0 Å². The molecular weight excluding hydrogens is 515 g/mol. The summed E-state index contributed by atoms with van der Waals surface area (Å²) in [7, 11) is 0. The molecule has 4 aromatic carbocycles. The van der Waals surface area contributed by atoms with Gasteiger partial charge in [0.05, 0.1) is 9.99 Å². The molecule has 0 spiro atoms. The molecule has 1 saturated carbocycles. The lowest BCUT2D eigenvalue weighted by molar-refractivity contribution is 0.457. The van der Waals surface area contributed by atoms with Crippen LogP contribution in [0.25, 0.3) is 5.57 Å². The lowest BCUT2D eigenvalue weighted by atomic mass is 9.93. The summed E-state index contributed by atoms with van der Waals surface area (Å²) in [5.41, 5.74) is 6.46. The van der Waals surface area contributed by atoms with Crippen LogP contribution in [0.15, 0.2) is 115 Å². The Hall–Kier alpha value is -2.38. The largest absolute Gasteiger partial charge is 0.103 e. The maximum Gasteiger partial charge on any atom is 0.0622 e. The molecule has 0 heterocycles. The van der Waals surface area contributed by atoms with Gasteiger partial charge in [0, 0.05) is 0 Å². The zero-order valence-corrected chi connectivity index (χ0v) is 25.8. The topological polar surface area (TPSA) is 0 Å². The van der Waals surface area contributed by atoms with Crippen LogP contribution in [0.4, 0.5) is 0 Å². The molecule has 0 aromatic heterocycles. The quantitative estimate of drug-likeness (QED) is 0.210. The highest BCUT2D eigenvalue weighted by Crippen LogP contribution is 2.85. The molecule has 1 aliphatic rings. The second kappa shape index (κ2) is 9.98. The van der Waals surface area contributed by atoms with Crippen molar-refractivity contribution >= 4 is 44.6 Å². The van der Waals surface area contributed by atoms with Crippen molar-refractivity contribution in [1.82, 2.24) is 0 Å². The maximum atomic E-state index is 6.79.